The topological polar surface area (TPSA) is 66.5 Å². The molecule has 3 amide bonds. The summed E-state index contributed by atoms with van der Waals surface area (Å²) in [5, 5.41) is 2.95. The van der Waals surface area contributed by atoms with Crippen LogP contribution in [0.2, 0.25) is 0 Å². The first-order valence-electron chi connectivity index (χ1n) is 14.2. The van der Waals surface area contributed by atoms with Crippen LogP contribution in [0.4, 0.5) is 5.69 Å². The first kappa shape index (κ1) is 26.9. The maximum Gasteiger partial charge on any atom is 0.248 e. The zero-order valence-electron chi connectivity index (χ0n) is 22.9. The molecule has 0 saturated carbocycles. The molecule has 42 heavy (non-hydrogen) atoms. The average molecular weight is 596 g/mol. The van der Waals surface area contributed by atoms with Crippen LogP contribution in [0.3, 0.4) is 0 Å². The number of benzene rings is 4. The van der Waals surface area contributed by atoms with E-state index >= 15 is 0 Å². The maximum absolute atomic E-state index is 14.6. The minimum Gasteiger partial charge on any atom is -0.324 e. The molecule has 1 fully saturated rings. The Morgan fingerprint density at radius 1 is 0.714 bits per heavy atom. The Morgan fingerprint density at radius 3 is 1.62 bits per heavy atom. The molecule has 4 aromatic rings. The van der Waals surface area contributed by atoms with Gasteiger partial charge in [-0.15, -0.1) is 23.2 Å². The predicted molar refractivity (Wildman–Crippen MR) is 163 cm³/mol. The molecule has 5 nitrogen and oxygen atoms in total. The average Bonchev–Trinajstić information content (AvgIpc) is 3.30. The highest BCUT2D eigenvalue weighted by molar-refractivity contribution is 6.36. The van der Waals surface area contributed by atoms with Crippen LogP contribution in [-0.4, -0.2) is 28.7 Å². The number of likely N-dealkylation sites (tertiary alicyclic amines) is 1. The van der Waals surface area contributed by atoms with E-state index in [4.69, 9.17) is 23.2 Å². The molecule has 3 aliphatic carbocycles. The Balaban J connectivity index is 1.34. The lowest BCUT2D eigenvalue weighted by molar-refractivity contribution is -0.146. The van der Waals surface area contributed by atoms with Crippen LogP contribution in [-0.2, 0) is 37.0 Å². The van der Waals surface area contributed by atoms with Crippen LogP contribution >= 0.6 is 23.2 Å². The number of alkyl halides is 2. The fourth-order valence-corrected chi connectivity index (χ4v) is 8.28. The number of amides is 3. The van der Waals surface area contributed by atoms with Gasteiger partial charge < -0.3 is 5.32 Å². The fraction of sp³-hybridized carbons (Fsp3) is 0.229. The van der Waals surface area contributed by atoms with Gasteiger partial charge in [-0.3, -0.25) is 19.3 Å². The molecule has 8 rings (SSSR count). The number of nitrogens with zero attached hydrogens (tertiary/aromatic N) is 1. The summed E-state index contributed by atoms with van der Waals surface area (Å²) in [5.41, 5.74) is 5.46. The van der Waals surface area contributed by atoms with Gasteiger partial charge in [0.1, 0.15) is 15.8 Å². The van der Waals surface area contributed by atoms with Crippen molar-refractivity contribution in [3.63, 3.8) is 0 Å². The molecule has 4 aromatic carbocycles. The van der Waals surface area contributed by atoms with E-state index in [1.165, 1.54) is 0 Å². The minimum absolute atomic E-state index is 0.154. The quantitative estimate of drug-likeness (QED) is 0.208. The molecule has 2 bridgehead atoms. The standard InChI is InChI=1S/C35H28Cl2N2O3/c1-2-21-16-18-23(19-17-21)38-31(40)28(20-22-10-4-3-5-11-22)39-32(41)29-30(33(39)42)35(37)25-13-7-6-12-24(25)34(29,36)26-14-8-9-15-27(26)35/h3-19,28-30H,2,20H2,1H3,(H,38,40)/t28-,29-,30+,34?,35?/m0/s1. The second-order valence-corrected chi connectivity index (χ2v) is 12.5. The third-order valence-electron chi connectivity index (χ3n) is 9.14. The van der Waals surface area contributed by atoms with E-state index in [1.807, 2.05) is 103 Å². The largest absolute Gasteiger partial charge is 0.324 e. The highest BCUT2D eigenvalue weighted by Crippen LogP contribution is 2.69. The number of aryl methyl sites for hydroxylation is 1. The van der Waals surface area contributed by atoms with Crippen LogP contribution in [0.1, 0.15) is 40.3 Å². The Labute approximate surface area is 254 Å². The van der Waals surface area contributed by atoms with Crippen molar-refractivity contribution in [1.29, 1.82) is 0 Å². The normalized spacial score (nSPS) is 25.9. The summed E-state index contributed by atoms with van der Waals surface area (Å²) in [6.07, 6.45) is 1.02. The molecule has 3 atom stereocenters. The molecule has 0 aromatic heterocycles. The highest BCUT2D eigenvalue weighted by atomic mass is 35.5. The van der Waals surface area contributed by atoms with Crippen LogP contribution in [0.15, 0.2) is 103 Å². The monoisotopic (exact) mass is 594 g/mol. The lowest BCUT2D eigenvalue weighted by atomic mass is 9.54. The number of hydrogen-bond donors (Lipinski definition) is 1. The zero-order valence-corrected chi connectivity index (χ0v) is 24.4. The van der Waals surface area contributed by atoms with Crippen molar-refractivity contribution >= 4 is 46.6 Å². The number of hydrogen-bond acceptors (Lipinski definition) is 3. The molecule has 7 heteroatoms. The molecule has 0 spiro atoms. The number of halogens is 2. The van der Waals surface area contributed by atoms with E-state index in [2.05, 4.69) is 12.2 Å². The van der Waals surface area contributed by atoms with E-state index < -0.39 is 45.3 Å². The first-order valence-corrected chi connectivity index (χ1v) is 14.9. The summed E-state index contributed by atoms with van der Waals surface area (Å²) in [4.78, 5) is 41.7. The van der Waals surface area contributed by atoms with Crippen LogP contribution in [0.5, 0.6) is 0 Å². The Kier molecular flexibility index (Phi) is 6.30. The van der Waals surface area contributed by atoms with E-state index in [0.717, 1.165) is 44.7 Å². The number of imide groups is 1. The molecule has 1 saturated heterocycles. The van der Waals surface area contributed by atoms with Crippen molar-refractivity contribution < 1.29 is 14.4 Å². The summed E-state index contributed by atoms with van der Waals surface area (Å²) < 4.78 is 0. The van der Waals surface area contributed by atoms with Crippen LogP contribution < -0.4 is 5.32 Å². The van der Waals surface area contributed by atoms with Gasteiger partial charge in [0.2, 0.25) is 17.7 Å². The van der Waals surface area contributed by atoms with Crippen molar-refractivity contribution in [2.75, 3.05) is 5.32 Å². The van der Waals surface area contributed by atoms with Gasteiger partial charge in [0.25, 0.3) is 0 Å². The molecule has 0 radical (unpaired) electrons. The summed E-state index contributed by atoms with van der Waals surface area (Å²) in [5.74, 6) is -3.34. The SMILES string of the molecule is CCc1ccc(NC(=O)[C@H](Cc2ccccc2)N2C(=O)[C@@H]3[C@H](C2=O)C2(Cl)c4ccccc4C3(Cl)c3ccccc32)cc1. The molecule has 1 N–H and O–H groups in total. The summed E-state index contributed by atoms with van der Waals surface area (Å²) in [6.45, 7) is 2.06. The smallest absolute Gasteiger partial charge is 0.248 e. The predicted octanol–water partition coefficient (Wildman–Crippen LogP) is 6.39. The molecule has 0 unspecified atom stereocenters. The van der Waals surface area contributed by atoms with E-state index in [1.54, 1.807) is 0 Å². The highest BCUT2D eigenvalue weighted by Gasteiger charge is 2.73. The van der Waals surface area contributed by atoms with Gasteiger partial charge in [0.15, 0.2) is 0 Å². The summed E-state index contributed by atoms with van der Waals surface area (Å²) in [6, 6.07) is 30.9. The van der Waals surface area contributed by atoms with Gasteiger partial charge in [-0.05, 0) is 51.9 Å². The van der Waals surface area contributed by atoms with E-state index in [-0.39, 0.29) is 6.42 Å². The summed E-state index contributed by atoms with van der Waals surface area (Å²) >= 11 is 15.2. The van der Waals surface area contributed by atoms with Gasteiger partial charge in [0, 0.05) is 12.1 Å². The number of nitrogens with one attached hydrogen (secondary N) is 1. The Morgan fingerprint density at radius 2 is 1.17 bits per heavy atom. The Bertz CT molecular complexity index is 1620. The van der Waals surface area contributed by atoms with Crippen molar-refractivity contribution in [3.8, 4) is 0 Å². The molecule has 1 heterocycles. The third-order valence-corrected chi connectivity index (χ3v) is 10.4. The number of carbonyl (C=O) groups is 3. The van der Waals surface area contributed by atoms with E-state index in [9.17, 15) is 14.4 Å². The molecular formula is C35H28Cl2N2O3. The molecule has 4 aliphatic rings. The van der Waals surface area contributed by atoms with Gasteiger partial charge in [-0.1, -0.05) is 97.9 Å². The van der Waals surface area contributed by atoms with Gasteiger partial charge in [0.05, 0.1) is 11.8 Å². The maximum atomic E-state index is 14.6. The third kappa shape index (κ3) is 3.66. The number of rotatable bonds is 6. The van der Waals surface area contributed by atoms with Gasteiger partial charge in [-0.25, -0.2) is 0 Å². The molecular weight excluding hydrogens is 567 g/mol. The zero-order chi connectivity index (χ0) is 29.2. The van der Waals surface area contributed by atoms with Crippen molar-refractivity contribution in [2.45, 2.75) is 35.6 Å². The van der Waals surface area contributed by atoms with Gasteiger partial charge >= 0.3 is 0 Å². The fourth-order valence-electron chi connectivity index (χ4n) is 7.18. The van der Waals surface area contributed by atoms with Crippen LogP contribution in [0, 0.1) is 11.8 Å². The van der Waals surface area contributed by atoms with Crippen molar-refractivity contribution in [3.05, 3.63) is 137 Å². The van der Waals surface area contributed by atoms with E-state index in [0.29, 0.717) is 5.69 Å². The second kappa shape index (κ2) is 9.82. The molecule has 1 aliphatic heterocycles. The first-order chi connectivity index (χ1) is 20.3. The lowest BCUT2D eigenvalue weighted by Crippen LogP contribution is -2.57. The number of carbonyl (C=O) groups excluding carboxylic acids is 3. The molecule has 210 valence electrons. The van der Waals surface area contributed by atoms with Crippen molar-refractivity contribution in [2.24, 2.45) is 11.8 Å². The van der Waals surface area contributed by atoms with Crippen molar-refractivity contribution in [1.82, 2.24) is 4.90 Å². The second-order valence-electron chi connectivity index (χ2n) is 11.3. The Hall–Kier alpha value is -3.93. The van der Waals surface area contributed by atoms with Crippen LogP contribution in [0.25, 0.3) is 0 Å². The summed E-state index contributed by atoms with van der Waals surface area (Å²) in [7, 11) is 0. The number of anilines is 1. The lowest BCUT2D eigenvalue weighted by Gasteiger charge is -2.54. The van der Waals surface area contributed by atoms with Gasteiger partial charge in [-0.2, -0.15) is 0 Å². The minimum atomic E-state index is -1.31.